The summed E-state index contributed by atoms with van der Waals surface area (Å²) in [5.41, 5.74) is 0.879. The fraction of sp³-hybridized carbons (Fsp3) is 0.250. The molecule has 0 saturated heterocycles. The van der Waals surface area contributed by atoms with Crippen LogP contribution in [0.2, 0.25) is 5.28 Å². The zero-order valence-electron chi connectivity index (χ0n) is 10.2. The highest BCUT2D eigenvalue weighted by Crippen LogP contribution is 2.17. The number of nitrogens with zero attached hydrogens (tertiary/aromatic N) is 3. The monoisotopic (exact) mass is 390 g/mol. The Hall–Kier alpha value is -1.15. The number of benzene rings is 1. The fourth-order valence-electron chi connectivity index (χ4n) is 1.31. The maximum absolute atomic E-state index is 5.84. The highest BCUT2D eigenvalue weighted by molar-refractivity contribution is 14.1. The van der Waals surface area contributed by atoms with Crippen molar-refractivity contribution in [1.82, 2.24) is 15.0 Å². The third-order valence-corrected chi connectivity index (χ3v) is 3.01. The van der Waals surface area contributed by atoms with E-state index in [0.717, 1.165) is 15.7 Å². The van der Waals surface area contributed by atoms with Gasteiger partial charge in [0.2, 0.25) is 11.2 Å². The Morgan fingerprint density at radius 3 is 2.63 bits per heavy atom. The Labute approximate surface area is 129 Å². The molecular weight excluding hydrogens is 379 g/mol. The Morgan fingerprint density at radius 1 is 1.21 bits per heavy atom. The van der Waals surface area contributed by atoms with Crippen molar-refractivity contribution >= 4 is 45.8 Å². The molecular formula is C12H12ClIN4O. The summed E-state index contributed by atoms with van der Waals surface area (Å²) in [5.74, 6) is 0.368. The molecule has 5 nitrogen and oxygen atoms in total. The molecule has 0 atom stereocenters. The Kier molecular flexibility index (Phi) is 5.15. The number of hydrogen-bond acceptors (Lipinski definition) is 5. The van der Waals surface area contributed by atoms with Crippen molar-refractivity contribution in [3.8, 4) is 6.01 Å². The van der Waals surface area contributed by atoms with Gasteiger partial charge in [0.1, 0.15) is 0 Å². The molecule has 0 aliphatic heterocycles. The molecule has 1 heterocycles. The third-order valence-electron chi connectivity index (χ3n) is 2.12. The lowest BCUT2D eigenvalue weighted by Crippen LogP contribution is -2.04. The van der Waals surface area contributed by atoms with Gasteiger partial charge in [-0.2, -0.15) is 15.0 Å². The lowest BCUT2D eigenvalue weighted by Gasteiger charge is -2.07. The predicted molar refractivity (Wildman–Crippen MR) is 83.1 cm³/mol. The molecule has 1 N–H and O–H groups in total. The van der Waals surface area contributed by atoms with Gasteiger partial charge in [0.15, 0.2) is 0 Å². The average Bonchev–Trinajstić information content (AvgIpc) is 2.38. The second-order valence-corrected chi connectivity index (χ2v) is 5.27. The summed E-state index contributed by atoms with van der Waals surface area (Å²) >= 11 is 8.08. The standard InChI is InChI=1S/C12H12ClIN4O/c1-2-7-19-12-17-10(13)16-11(18-12)15-9-5-3-8(14)4-6-9/h3-6H,2,7H2,1H3,(H,15,16,17,18). The number of aromatic nitrogens is 3. The van der Waals surface area contributed by atoms with Crippen molar-refractivity contribution in [2.75, 3.05) is 11.9 Å². The van der Waals surface area contributed by atoms with E-state index in [4.69, 9.17) is 16.3 Å². The van der Waals surface area contributed by atoms with Crippen molar-refractivity contribution in [3.63, 3.8) is 0 Å². The first-order valence-corrected chi connectivity index (χ1v) is 7.20. The molecule has 1 aromatic carbocycles. The molecule has 0 saturated carbocycles. The summed E-state index contributed by atoms with van der Waals surface area (Å²) in [4.78, 5) is 12.1. The molecule has 0 bridgehead atoms. The lowest BCUT2D eigenvalue weighted by atomic mass is 10.3. The minimum absolute atomic E-state index is 0.106. The van der Waals surface area contributed by atoms with Gasteiger partial charge in [-0.3, -0.25) is 0 Å². The summed E-state index contributed by atoms with van der Waals surface area (Å²) in [6.07, 6.45) is 0.878. The van der Waals surface area contributed by atoms with Crippen LogP contribution in [-0.2, 0) is 0 Å². The second-order valence-electron chi connectivity index (χ2n) is 3.69. The quantitative estimate of drug-likeness (QED) is 0.790. The molecule has 0 radical (unpaired) electrons. The Morgan fingerprint density at radius 2 is 1.95 bits per heavy atom. The molecule has 7 heteroatoms. The molecule has 19 heavy (non-hydrogen) atoms. The van der Waals surface area contributed by atoms with Crippen LogP contribution in [0.5, 0.6) is 6.01 Å². The summed E-state index contributed by atoms with van der Waals surface area (Å²) in [6.45, 7) is 2.55. The van der Waals surface area contributed by atoms with Crippen LogP contribution in [-0.4, -0.2) is 21.6 Å². The van der Waals surface area contributed by atoms with Crippen LogP contribution in [0.1, 0.15) is 13.3 Å². The van der Waals surface area contributed by atoms with E-state index in [1.54, 1.807) is 0 Å². The molecule has 0 spiro atoms. The molecule has 0 aliphatic carbocycles. The van der Waals surface area contributed by atoms with Gasteiger partial charge in [-0.15, -0.1) is 0 Å². The number of halogens is 2. The maximum atomic E-state index is 5.84. The van der Waals surface area contributed by atoms with Gasteiger partial charge in [-0.1, -0.05) is 6.92 Å². The molecule has 1 aromatic heterocycles. The van der Waals surface area contributed by atoms with E-state index in [1.807, 2.05) is 31.2 Å². The van der Waals surface area contributed by atoms with Crippen LogP contribution >= 0.6 is 34.2 Å². The van der Waals surface area contributed by atoms with Gasteiger partial charge >= 0.3 is 6.01 Å². The van der Waals surface area contributed by atoms with Gasteiger partial charge in [-0.25, -0.2) is 0 Å². The normalized spacial score (nSPS) is 10.3. The van der Waals surface area contributed by atoms with E-state index in [9.17, 15) is 0 Å². The smallest absolute Gasteiger partial charge is 0.322 e. The SMILES string of the molecule is CCCOc1nc(Cl)nc(Nc2ccc(I)cc2)n1. The van der Waals surface area contributed by atoms with Gasteiger partial charge in [0, 0.05) is 9.26 Å². The fourth-order valence-corrected chi connectivity index (χ4v) is 1.82. The van der Waals surface area contributed by atoms with E-state index < -0.39 is 0 Å². The summed E-state index contributed by atoms with van der Waals surface area (Å²) < 4.78 is 6.50. The Bertz CT molecular complexity index is 550. The number of hydrogen-bond donors (Lipinski definition) is 1. The number of ether oxygens (including phenoxy) is 1. The molecule has 2 rings (SSSR count). The van der Waals surface area contributed by atoms with Crippen LogP contribution < -0.4 is 10.1 Å². The topological polar surface area (TPSA) is 59.9 Å². The first-order chi connectivity index (χ1) is 9.17. The number of nitrogens with one attached hydrogen (secondary N) is 1. The van der Waals surface area contributed by atoms with Crippen molar-refractivity contribution in [2.45, 2.75) is 13.3 Å². The lowest BCUT2D eigenvalue weighted by molar-refractivity contribution is 0.292. The number of rotatable bonds is 5. The second kappa shape index (κ2) is 6.85. The predicted octanol–water partition coefficient (Wildman–Crippen LogP) is 3.66. The summed E-state index contributed by atoms with van der Waals surface area (Å²) in [7, 11) is 0. The molecule has 0 aliphatic rings. The Balaban J connectivity index is 2.15. The van der Waals surface area contributed by atoms with E-state index in [2.05, 4.69) is 42.9 Å². The van der Waals surface area contributed by atoms with Crippen LogP contribution in [0.3, 0.4) is 0 Å². The van der Waals surface area contributed by atoms with Gasteiger partial charge in [0.05, 0.1) is 6.61 Å². The largest absolute Gasteiger partial charge is 0.463 e. The van der Waals surface area contributed by atoms with E-state index >= 15 is 0 Å². The minimum atomic E-state index is 0.106. The first-order valence-electron chi connectivity index (χ1n) is 5.74. The zero-order chi connectivity index (χ0) is 13.7. The molecule has 0 unspecified atom stereocenters. The number of anilines is 2. The summed E-state index contributed by atoms with van der Waals surface area (Å²) in [5, 5.41) is 3.16. The molecule has 100 valence electrons. The van der Waals surface area contributed by atoms with Crippen LogP contribution in [0, 0.1) is 3.57 Å². The molecule has 0 amide bonds. The highest BCUT2D eigenvalue weighted by Gasteiger charge is 2.06. The molecule has 2 aromatic rings. The van der Waals surface area contributed by atoms with Gasteiger partial charge < -0.3 is 10.1 Å². The van der Waals surface area contributed by atoms with Crippen molar-refractivity contribution in [2.24, 2.45) is 0 Å². The van der Waals surface area contributed by atoms with E-state index in [1.165, 1.54) is 0 Å². The third kappa shape index (κ3) is 4.46. The summed E-state index contributed by atoms with van der Waals surface area (Å²) in [6, 6.07) is 8.08. The average molecular weight is 391 g/mol. The first kappa shape index (κ1) is 14.3. The van der Waals surface area contributed by atoms with Crippen LogP contribution in [0.25, 0.3) is 0 Å². The van der Waals surface area contributed by atoms with Crippen molar-refractivity contribution in [1.29, 1.82) is 0 Å². The minimum Gasteiger partial charge on any atom is -0.463 e. The maximum Gasteiger partial charge on any atom is 0.322 e. The highest BCUT2D eigenvalue weighted by atomic mass is 127. The van der Waals surface area contributed by atoms with Crippen LogP contribution in [0.4, 0.5) is 11.6 Å². The van der Waals surface area contributed by atoms with E-state index in [-0.39, 0.29) is 11.3 Å². The molecule has 0 fully saturated rings. The van der Waals surface area contributed by atoms with Crippen molar-refractivity contribution in [3.05, 3.63) is 33.1 Å². The zero-order valence-corrected chi connectivity index (χ0v) is 13.1. The van der Waals surface area contributed by atoms with Crippen molar-refractivity contribution < 1.29 is 4.74 Å². The van der Waals surface area contributed by atoms with E-state index in [0.29, 0.717) is 12.6 Å². The van der Waals surface area contributed by atoms with Crippen LogP contribution in [0.15, 0.2) is 24.3 Å². The van der Waals surface area contributed by atoms with Gasteiger partial charge in [-0.05, 0) is 64.9 Å². The van der Waals surface area contributed by atoms with Gasteiger partial charge in [0.25, 0.3) is 0 Å².